The lowest BCUT2D eigenvalue weighted by atomic mass is 9.70. The molecule has 1 fully saturated rings. The topological polar surface area (TPSA) is 38.8 Å². The fourth-order valence-corrected chi connectivity index (χ4v) is 7.56. The SMILES string of the molecule is O=C(Oc1ccc2c(c1)CCN(CC13CC=CCC1C1CC=CCC1O3)C2)c1ccccc1-c1ccc(C(F)(F)F)cc1. The van der Waals surface area contributed by atoms with Crippen LogP contribution in [0.1, 0.15) is 52.7 Å². The second kappa shape index (κ2) is 11.1. The minimum atomic E-state index is -4.42. The standard InChI is InChI=1S/C36H34F3NO3/c37-36(38,39)27-15-12-24(13-16-27)29-7-1-2-8-30(29)34(41)42-28-17-14-26-22-40(20-18-25(26)21-28)23-35-19-6-5-10-32(35)31-9-3-4-11-33(31)43-35/h1-8,12-17,21,31-33H,9-11,18-20,22-23H2. The van der Waals surface area contributed by atoms with E-state index in [9.17, 15) is 18.0 Å². The number of hydrogen-bond acceptors (Lipinski definition) is 4. The van der Waals surface area contributed by atoms with Crippen LogP contribution in [0, 0.1) is 11.8 Å². The summed E-state index contributed by atoms with van der Waals surface area (Å²) in [6.45, 7) is 2.66. The Morgan fingerprint density at radius 3 is 2.56 bits per heavy atom. The molecular formula is C36H34F3NO3. The maximum Gasteiger partial charge on any atom is 0.416 e. The van der Waals surface area contributed by atoms with Crippen molar-refractivity contribution in [2.75, 3.05) is 13.1 Å². The van der Waals surface area contributed by atoms with Crippen LogP contribution in [0.4, 0.5) is 13.2 Å². The van der Waals surface area contributed by atoms with Crippen LogP contribution < -0.4 is 4.74 Å². The van der Waals surface area contributed by atoms with Gasteiger partial charge in [0.05, 0.1) is 22.8 Å². The highest BCUT2D eigenvalue weighted by Gasteiger charge is 2.54. The van der Waals surface area contributed by atoms with Crippen molar-refractivity contribution in [3.8, 4) is 16.9 Å². The second-order valence-corrected chi connectivity index (χ2v) is 12.2. The molecule has 4 atom stereocenters. The Labute approximate surface area is 249 Å². The highest BCUT2D eigenvalue weighted by atomic mass is 19.4. The van der Waals surface area contributed by atoms with Gasteiger partial charge in [0.15, 0.2) is 0 Å². The molecule has 2 aliphatic carbocycles. The summed E-state index contributed by atoms with van der Waals surface area (Å²) >= 11 is 0. The average Bonchev–Trinajstić information content (AvgIpc) is 3.34. The van der Waals surface area contributed by atoms with Crippen molar-refractivity contribution in [1.82, 2.24) is 4.90 Å². The van der Waals surface area contributed by atoms with Gasteiger partial charge in [-0.05, 0) is 96.5 Å². The van der Waals surface area contributed by atoms with E-state index in [1.54, 1.807) is 24.3 Å². The first-order valence-corrected chi connectivity index (χ1v) is 15.1. The predicted octanol–water partition coefficient (Wildman–Crippen LogP) is 8.02. The van der Waals surface area contributed by atoms with Crippen molar-refractivity contribution in [2.45, 2.75) is 56.5 Å². The van der Waals surface area contributed by atoms with Crippen molar-refractivity contribution in [2.24, 2.45) is 11.8 Å². The van der Waals surface area contributed by atoms with Crippen molar-refractivity contribution < 1.29 is 27.4 Å². The Hall–Kier alpha value is -3.68. The number of rotatable bonds is 5. The summed E-state index contributed by atoms with van der Waals surface area (Å²) in [5.74, 6) is 1.08. The minimum absolute atomic E-state index is 0.121. The zero-order chi connectivity index (χ0) is 29.6. The third-order valence-electron chi connectivity index (χ3n) is 9.66. The number of carbonyl (C=O) groups excluding carboxylic acids is 1. The molecule has 0 bridgehead atoms. The molecule has 4 unspecified atom stereocenters. The first-order chi connectivity index (χ1) is 20.8. The Morgan fingerprint density at radius 2 is 1.72 bits per heavy atom. The van der Waals surface area contributed by atoms with Gasteiger partial charge < -0.3 is 9.47 Å². The first-order valence-electron chi connectivity index (χ1n) is 15.1. The number of halogens is 3. The number of esters is 1. The maximum absolute atomic E-state index is 13.3. The molecule has 0 amide bonds. The molecular weight excluding hydrogens is 551 g/mol. The van der Waals surface area contributed by atoms with Crippen molar-refractivity contribution in [3.05, 3.63) is 113 Å². The van der Waals surface area contributed by atoms with Crippen LogP contribution >= 0.6 is 0 Å². The normalized spacial score (nSPS) is 26.4. The number of benzene rings is 3. The number of alkyl halides is 3. The van der Waals surface area contributed by atoms with Crippen LogP contribution in [0.5, 0.6) is 5.75 Å². The largest absolute Gasteiger partial charge is 0.423 e. The third-order valence-corrected chi connectivity index (χ3v) is 9.66. The Balaban J connectivity index is 1.04. The first kappa shape index (κ1) is 28.1. The Bertz CT molecular complexity index is 1580. The number of allylic oxidation sites excluding steroid dienone is 2. The highest BCUT2D eigenvalue weighted by molar-refractivity contribution is 5.98. The molecule has 0 saturated carbocycles. The summed E-state index contributed by atoms with van der Waals surface area (Å²) in [7, 11) is 0. The fourth-order valence-electron chi connectivity index (χ4n) is 7.56. The van der Waals surface area contributed by atoms with Gasteiger partial charge in [0.1, 0.15) is 5.75 Å². The van der Waals surface area contributed by atoms with Gasteiger partial charge in [0.25, 0.3) is 0 Å². The van der Waals surface area contributed by atoms with Crippen LogP contribution in [0.25, 0.3) is 11.1 Å². The average molecular weight is 586 g/mol. The lowest BCUT2D eigenvalue weighted by Crippen LogP contribution is -2.49. The zero-order valence-corrected chi connectivity index (χ0v) is 23.9. The summed E-state index contributed by atoms with van der Waals surface area (Å²) in [6.07, 6.45) is 10.2. The summed E-state index contributed by atoms with van der Waals surface area (Å²) in [5, 5.41) is 0. The molecule has 43 heavy (non-hydrogen) atoms. The van der Waals surface area contributed by atoms with E-state index < -0.39 is 17.7 Å². The number of hydrogen-bond donors (Lipinski definition) is 0. The smallest absolute Gasteiger partial charge is 0.416 e. The van der Waals surface area contributed by atoms with Crippen LogP contribution in [-0.4, -0.2) is 35.7 Å². The third kappa shape index (κ3) is 5.45. The zero-order valence-electron chi connectivity index (χ0n) is 23.9. The highest BCUT2D eigenvalue weighted by Crippen LogP contribution is 2.51. The fraction of sp³-hybridized carbons (Fsp3) is 0.361. The quantitative estimate of drug-likeness (QED) is 0.173. The summed E-state index contributed by atoms with van der Waals surface area (Å²) in [5.41, 5.74) is 2.88. The van der Waals surface area contributed by atoms with E-state index in [0.717, 1.165) is 63.9 Å². The van der Waals surface area contributed by atoms with E-state index >= 15 is 0 Å². The Morgan fingerprint density at radius 1 is 0.930 bits per heavy atom. The van der Waals surface area contributed by atoms with Gasteiger partial charge in [0.2, 0.25) is 0 Å². The second-order valence-electron chi connectivity index (χ2n) is 12.2. The molecule has 0 aromatic heterocycles. The van der Waals surface area contributed by atoms with Gasteiger partial charge in [-0.15, -0.1) is 0 Å². The Kier molecular flexibility index (Phi) is 7.26. The van der Waals surface area contributed by atoms with E-state index in [1.807, 2.05) is 18.2 Å². The molecule has 0 radical (unpaired) electrons. The van der Waals surface area contributed by atoms with Crippen molar-refractivity contribution in [1.29, 1.82) is 0 Å². The van der Waals surface area contributed by atoms with Crippen molar-refractivity contribution >= 4 is 5.97 Å². The summed E-state index contributed by atoms with van der Waals surface area (Å²) in [4.78, 5) is 15.8. The monoisotopic (exact) mass is 585 g/mol. The van der Waals surface area contributed by atoms with E-state index in [1.165, 1.54) is 23.3 Å². The van der Waals surface area contributed by atoms with Gasteiger partial charge in [-0.2, -0.15) is 13.2 Å². The van der Waals surface area contributed by atoms with E-state index in [2.05, 4.69) is 29.2 Å². The molecule has 0 N–H and O–H groups in total. The van der Waals surface area contributed by atoms with Crippen LogP contribution in [0.2, 0.25) is 0 Å². The van der Waals surface area contributed by atoms with Crippen LogP contribution in [0.15, 0.2) is 91.0 Å². The van der Waals surface area contributed by atoms with Crippen LogP contribution in [-0.2, 0) is 23.9 Å². The molecule has 3 aromatic rings. The van der Waals surface area contributed by atoms with Crippen molar-refractivity contribution in [3.63, 3.8) is 0 Å². The number of ether oxygens (including phenoxy) is 2. The molecule has 7 rings (SSSR count). The molecule has 222 valence electrons. The van der Waals surface area contributed by atoms with Gasteiger partial charge in [-0.3, -0.25) is 4.90 Å². The molecule has 1 saturated heterocycles. The van der Waals surface area contributed by atoms with Crippen LogP contribution in [0.3, 0.4) is 0 Å². The molecule has 4 nitrogen and oxygen atoms in total. The molecule has 4 aliphatic rings. The van der Waals surface area contributed by atoms with Gasteiger partial charge in [-0.1, -0.05) is 60.7 Å². The number of carbonyl (C=O) groups is 1. The lowest BCUT2D eigenvalue weighted by molar-refractivity contribution is -0.137. The minimum Gasteiger partial charge on any atom is -0.423 e. The van der Waals surface area contributed by atoms with Gasteiger partial charge >= 0.3 is 12.1 Å². The summed E-state index contributed by atoms with van der Waals surface area (Å²) < 4.78 is 51.8. The molecule has 3 aromatic carbocycles. The number of nitrogens with zero attached hydrogens (tertiary/aromatic N) is 1. The molecule has 2 heterocycles. The van der Waals surface area contributed by atoms with Gasteiger partial charge in [-0.25, -0.2) is 4.79 Å². The van der Waals surface area contributed by atoms with Gasteiger partial charge in [0, 0.05) is 19.6 Å². The molecule has 2 aliphatic heterocycles. The van der Waals surface area contributed by atoms with E-state index in [0.29, 0.717) is 40.4 Å². The molecule has 0 spiro atoms. The maximum atomic E-state index is 13.3. The van der Waals surface area contributed by atoms with E-state index in [4.69, 9.17) is 9.47 Å². The summed E-state index contributed by atoms with van der Waals surface area (Å²) in [6, 6.07) is 17.5. The van der Waals surface area contributed by atoms with E-state index in [-0.39, 0.29) is 5.60 Å². The number of fused-ring (bicyclic) bond motifs is 4. The molecule has 7 heteroatoms. The lowest BCUT2D eigenvalue weighted by Gasteiger charge is -2.42. The predicted molar refractivity (Wildman–Crippen MR) is 159 cm³/mol.